The van der Waals surface area contributed by atoms with Gasteiger partial charge in [0.1, 0.15) is 19.8 Å². The van der Waals surface area contributed by atoms with E-state index in [1.807, 2.05) is 27.2 Å². The molecule has 0 heterocycles. The van der Waals surface area contributed by atoms with Gasteiger partial charge in [0.2, 0.25) is 0 Å². The number of phosphoric acid groups is 1. The Labute approximate surface area is 338 Å². The Kier molecular flexibility index (Phi) is 37.1. The van der Waals surface area contributed by atoms with Crippen LogP contribution in [0.25, 0.3) is 0 Å². The van der Waals surface area contributed by atoms with Gasteiger partial charge in [0.15, 0.2) is 6.10 Å². The van der Waals surface area contributed by atoms with E-state index in [9.17, 15) is 14.3 Å². The molecule has 55 heavy (non-hydrogen) atoms. The second-order valence-corrected chi connectivity index (χ2v) is 16.9. The van der Waals surface area contributed by atoms with E-state index in [-0.39, 0.29) is 25.8 Å². The molecule has 0 amide bonds. The number of unbranched alkanes of at least 4 members (excludes halogenated alkanes) is 15. The Morgan fingerprint density at radius 2 is 1.07 bits per heavy atom. The maximum atomic E-state index is 12.5. The molecule has 0 saturated heterocycles. The number of esters is 1. The normalized spacial score (nSPS) is 14.4. The van der Waals surface area contributed by atoms with Crippen molar-refractivity contribution in [3.05, 3.63) is 73.1 Å². The maximum Gasteiger partial charge on any atom is 0.472 e. The van der Waals surface area contributed by atoms with Gasteiger partial charge in [0.05, 0.1) is 34.0 Å². The third-order valence-electron chi connectivity index (χ3n) is 8.87. The van der Waals surface area contributed by atoms with Crippen LogP contribution in [-0.4, -0.2) is 69.0 Å². The summed E-state index contributed by atoms with van der Waals surface area (Å²) in [5.41, 5.74) is 0. The highest BCUT2D eigenvalue weighted by molar-refractivity contribution is 7.47. The lowest BCUT2D eigenvalue weighted by Crippen LogP contribution is -2.37. The van der Waals surface area contributed by atoms with Crippen molar-refractivity contribution in [2.45, 2.75) is 168 Å². The van der Waals surface area contributed by atoms with Gasteiger partial charge < -0.3 is 18.9 Å². The molecule has 0 fully saturated rings. The smallest absolute Gasteiger partial charge is 0.472 e. The Morgan fingerprint density at radius 3 is 1.60 bits per heavy atom. The lowest BCUT2D eigenvalue weighted by Gasteiger charge is -2.24. The van der Waals surface area contributed by atoms with Crippen LogP contribution >= 0.6 is 7.82 Å². The number of carbonyl (C=O) groups excluding carboxylic acids is 1. The summed E-state index contributed by atoms with van der Waals surface area (Å²) in [6.07, 6.45) is 50.4. The van der Waals surface area contributed by atoms with Gasteiger partial charge >= 0.3 is 13.8 Å². The molecular formula is C46H83NO7P+. The standard InChI is InChI=1S/C46H82NO7P/c1-6-8-10-12-14-16-18-20-22-23-24-25-26-27-29-31-33-35-37-39-46(48)52-43-45(44-54-55(49,50)53-42-40-47(3,4)5)51-41-38-36-34-32-30-28-21-19-17-15-13-11-9-7-2/h8,10,14,16,20,22,24-25,27,29,38,41,45H,6-7,9,11-13,15,17-19,21,23,26,28,30-37,39-40,42-44H2,1-5H3/p+1/b10-8-,16-14-,22-20-,25-24-,29-27-,41-38-. The van der Waals surface area contributed by atoms with Crippen LogP contribution in [0.2, 0.25) is 0 Å². The molecule has 2 unspecified atom stereocenters. The minimum atomic E-state index is -4.27. The fraction of sp³-hybridized carbons (Fsp3) is 0.717. The summed E-state index contributed by atoms with van der Waals surface area (Å²) in [5, 5.41) is 0. The van der Waals surface area contributed by atoms with Crippen LogP contribution in [-0.2, 0) is 27.9 Å². The molecule has 0 aliphatic rings. The highest BCUT2D eigenvalue weighted by atomic mass is 31.2. The lowest BCUT2D eigenvalue weighted by atomic mass is 10.0. The molecule has 0 saturated carbocycles. The second-order valence-electron chi connectivity index (χ2n) is 15.4. The molecule has 2 atom stereocenters. The SMILES string of the molecule is CC/C=C\C/C=C\C/C=C\C/C=C\C/C=C\CCCCCC(=O)OCC(COP(=O)(O)OCC[N+](C)(C)C)O/C=C\CCCCCCCCCCCCCC. The van der Waals surface area contributed by atoms with Gasteiger partial charge in [-0.15, -0.1) is 0 Å². The van der Waals surface area contributed by atoms with Crippen LogP contribution in [0.4, 0.5) is 0 Å². The van der Waals surface area contributed by atoms with Crippen molar-refractivity contribution in [3.63, 3.8) is 0 Å². The molecule has 0 aromatic heterocycles. The van der Waals surface area contributed by atoms with E-state index >= 15 is 0 Å². The van der Waals surface area contributed by atoms with E-state index in [1.165, 1.54) is 70.6 Å². The first-order valence-electron chi connectivity index (χ1n) is 21.7. The fourth-order valence-electron chi connectivity index (χ4n) is 5.44. The van der Waals surface area contributed by atoms with Crippen LogP contribution in [0.5, 0.6) is 0 Å². The molecule has 0 rings (SSSR count). The number of hydrogen-bond acceptors (Lipinski definition) is 6. The van der Waals surface area contributed by atoms with Crippen molar-refractivity contribution >= 4 is 13.8 Å². The highest BCUT2D eigenvalue weighted by Crippen LogP contribution is 2.43. The largest absolute Gasteiger partial charge is 0.492 e. The van der Waals surface area contributed by atoms with E-state index in [2.05, 4.69) is 74.6 Å². The van der Waals surface area contributed by atoms with E-state index in [1.54, 1.807) is 6.26 Å². The maximum absolute atomic E-state index is 12.5. The Morgan fingerprint density at radius 1 is 0.600 bits per heavy atom. The zero-order valence-corrected chi connectivity index (χ0v) is 36.8. The monoisotopic (exact) mass is 793 g/mol. The summed E-state index contributed by atoms with van der Waals surface area (Å²) in [5.74, 6) is -0.310. The first kappa shape index (κ1) is 52.8. The second kappa shape index (κ2) is 38.6. The van der Waals surface area contributed by atoms with Gasteiger partial charge in [0.25, 0.3) is 0 Å². The van der Waals surface area contributed by atoms with Crippen LogP contribution < -0.4 is 0 Å². The third-order valence-corrected chi connectivity index (χ3v) is 9.86. The number of carbonyl (C=O) groups is 1. The van der Waals surface area contributed by atoms with Gasteiger partial charge in [-0.3, -0.25) is 13.8 Å². The Hall–Kier alpha value is -2.22. The number of phosphoric ester groups is 1. The molecule has 318 valence electrons. The number of quaternary nitrogens is 1. The topological polar surface area (TPSA) is 91.3 Å². The van der Waals surface area contributed by atoms with Crippen molar-refractivity contribution in [3.8, 4) is 0 Å². The number of likely N-dealkylation sites (N-methyl/N-ethyl adjacent to an activating group) is 1. The van der Waals surface area contributed by atoms with E-state index in [0.717, 1.165) is 70.6 Å². The summed E-state index contributed by atoms with van der Waals surface area (Å²) >= 11 is 0. The van der Waals surface area contributed by atoms with E-state index < -0.39 is 13.9 Å². The molecule has 1 N–H and O–H groups in total. The van der Waals surface area contributed by atoms with Crippen molar-refractivity contribution in [2.24, 2.45) is 0 Å². The molecule has 0 aromatic carbocycles. The third kappa shape index (κ3) is 42.8. The predicted octanol–water partition coefficient (Wildman–Crippen LogP) is 13.1. The van der Waals surface area contributed by atoms with Gasteiger partial charge in [-0.25, -0.2) is 4.57 Å². The number of ether oxygens (including phenoxy) is 2. The number of hydrogen-bond donors (Lipinski definition) is 1. The first-order chi connectivity index (χ1) is 26.6. The summed E-state index contributed by atoms with van der Waals surface area (Å²) < 4.78 is 34.7. The molecule has 0 spiro atoms. The first-order valence-corrected chi connectivity index (χ1v) is 23.2. The summed E-state index contributed by atoms with van der Waals surface area (Å²) in [6.45, 7) is 4.74. The van der Waals surface area contributed by atoms with Crippen molar-refractivity contribution in [1.29, 1.82) is 0 Å². The van der Waals surface area contributed by atoms with Gasteiger partial charge in [0, 0.05) is 6.42 Å². The van der Waals surface area contributed by atoms with E-state index in [0.29, 0.717) is 17.4 Å². The predicted molar refractivity (Wildman–Crippen MR) is 233 cm³/mol. The zero-order valence-electron chi connectivity index (χ0n) is 35.9. The average Bonchev–Trinajstić information content (AvgIpc) is 3.14. The number of nitrogens with zero attached hydrogens (tertiary/aromatic N) is 1. The molecule has 0 aliphatic carbocycles. The van der Waals surface area contributed by atoms with Crippen LogP contribution in [0.1, 0.15) is 162 Å². The quantitative estimate of drug-likeness (QED) is 0.0165. The number of rotatable bonds is 39. The molecule has 8 nitrogen and oxygen atoms in total. The van der Waals surface area contributed by atoms with Crippen molar-refractivity contribution in [2.75, 3.05) is 47.5 Å². The zero-order chi connectivity index (χ0) is 40.6. The molecule has 0 aliphatic heterocycles. The lowest BCUT2D eigenvalue weighted by molar-refractivity contribution is -0.870. The summed E-state index contributed by atoms with van der Waals surface area (Å²) in [4.78, 5) is 22.7. The van der Waals surface area contributed by atoms with Crippen LogP contribution in [0.3, 0.4) is 0 Å². The summed E-state index contributed by atoms with van der Waals surface area (Å²) in [6, 6.07) is 0. The van der Waals surface area contributed by atoms with Crippen LogP contribution in [0.15, 0.2) is 73.1 Å². The molecule has 0 bridgehead atoms. The minimum Gasteiger partial charge on any atom is -0.492 e. The van der Waals surface area contributed by atoms with Crippen molar-refractivity contribution < 1.29 is 37.3 Å². The molecule has 9 heteroatoms. The fourth-order valence-corrected chi connectivity index (χ4v) is 6.19. The molecule has 0 radical (unpaired) electrons. The van der Waals surface area contributed by atoms with Gasteiger partial charge in [-0.2, -0.15) is 0 Å². The van der Waals surface area contributed by atoms with Gasteiger partial charge in [-0.1, -0.05) is 152 Å². The number of allylic oxidation sites excluding steroid dienone is 11. The van der Waals surface area contributed by atoms with Gasteiger partial charge in [-0.05, 0) is 70.3 Å². The summed E-state index contributed by atoms with van der Waals surface area (Å²) in [7, 11) is 1.64. The molecule has 0 aromatic rings. The highest BCUT2D eigenvalue weighted by Gasteiger charge is 2.25. The van der Waals surface area contributed by atoms with Crippen LogP contribution in [0, 0.1) is 0 Å². The minimum absolute atomic E-state index is 0.0688. The average molecular weight is 793 g/mol. The Balaban J connectivity index is 4.35. The Bertz CT molecular complexity index is 1110. The molecular weight excluding hydrogens is 709 g/mol. The van der Waals surface area contributed by atoms with Crippen molar-refractivity contribution in [1.82, 2.24) is 0 Å². The van der Waals surface area contributed by atoms with E-state index in [4.69, 9.17) is 18.5 Å².